The number of rotatable bonds is 5. The van der Waals surface area contributed by atoms with Gasteiger partial charge in [0.1, 0.15) is 16.1 Å². The lowest BCUT2D eigenvalue weighted by molar-refractivity contribution is -0.139. The Balaban J connectivity index is 3.05. The number of pyridine rings is 1. The molecule has 1 unspecified atom stereocenters. The molecule has 0 spiro atoms. The van der Waals surface area contributed by atoms with Crippen LogP contribution >= 0.6 is 11.6 Å². The fourth-order valence-corrected chi connectivity index (χ4v) is 2.86. The minimum absolute atomic E-state index is 0.131. The number of aromatic nitrogens is 1. The molecule has 0 aliphatic carbocycles. The van der Waals surface area contributed by atoms with E-state index in [0.29, 0.717) is 0 Å². The molecule has 0 radical (unpaired) electrons. The Hall–Kier alpha value is -1.18. The molecule has 8 heteroatoms. The second-order valence-electron chi connectivity index (χ2n) is 3.21. The fourth-order valence-electron chi connectivity index (χ4n) is 1.13. The molecule has 0 saturated heterocycles. The van der Waals surface area contributed by atoms with Crippen LogP contribution in [0.4, 0.5) is 0 Å². The summed E-state index contributed by atoms with van der Waals surface area (Å²) in [6.45, 7) is 1.56. The first-order chi connectivity index (χ1) is 7.88. The Morgan fingerprint density at radius 3 is 2.76 bits per heavy atom. The summed E-state index contributed by atoms with van der Waals surface area (Å²) in [6.07, 6.45) is 1.47. The third-order valence-corrected chi connectivity index (χ3v) is 3.93. The minimum Gasteiger partial charge on any atom is -0.480 e. The van der Waals surface area contributed by atoms with E-state index in [4.69, 9.17) is 16.7 Å². The predicted molar refractivity (Wildman–Crippen MR) is 61.3 cm³/mol. The maximum Gasteiger partial charge on any atom is 0.321 e. The van der Waals surface area contributed by atoms with Crippen molar-refractivity contribution in [2.24, 2.45) is 0 Å². The van der Waals surface area contributed by atoms with Crippen LogP contribution in [0.15, 0.2) is 23.2 Å². The van der Waals surface area contributed by atoms with Crippen molar-refractivity contribution < 1.29 is 18.3 Å². The van der Waals surface area contributed by atoms with Crippen LogP contribution in [0.2, 0.25) is 5.15 Å². The van der Waals surface area contributed by atoms with Crippen LogP contribution in [0.1, 0.15) is 13.3 Å². The number of carboxylic acids is 1. The van der Waals surface area contributed by atoms with Crippen molar-refractivity contribution in [3.05, 3.63) is 23.5 Å². The normalized spacial score (nSPS) is 13.3. The largest absolute Gasteiger partial charge is 0.480 e. The summed E-state index contributed by atoms with van der Waals surface area (Å²) in [4.78, 5) is 14.1. The molecule has 1 rings (SSSR count). The van der Waals surface area contributed by atoms with Gasteiger partial charge in [-0.1, -0.05) is 18.5 Å². The number of carbonyl (C=O) groups is 1. The summed E-state index contributed by atoms with van der Waals surface area (Å²) in [5, 5.41) is 8.58. The smallest absolute Gasteiger partial charge is 0.321 e. The molecule has 1 atom stereocenters. The molecule has 1 aromatic heterocycles. The monoisotopic (exact) mass is 278 g/mol. The molecule has 94 valence electrons. The van der Waals surface area contributed by atoms with E-state index in [1.54, 1.807) is 6.92 Å². The van der Waals surface area contributed by atoms with E-state index in [1.807, 2.05) is 4.72 Å². The van der Waals surface area contributed by atoms with Crippen LogP contribution in [0.25, 0.3) is 0 Å². The topological polar surface area (TPSA) is 96.4 Å². The molecule has 2 N–H and O–H groups in total. The molecule has 0 bridgehead atoms. The van der Waals surface area contributed by atoms with Crippen molar-refractivity contribution in [1.29, 1.82) is 0 Å². The first-order valence-electron chi connectivity index (χ1n) is 4.74. The minimum atomic E-state index is -3.97. The lowest BCUT2D eigenvalue weighted by atomic mass is 10.2. The van der Waals surface area contributed by atoms with Crippen LogP contribution in [0.3, 0.4) is 0 Å². The molecule has 17 heavy (non-hydrogen) atoms. The van der Waals surface area contributed by atoms with E-state index in [-0.39, 0.29) is 16.5 Å². The summed E-state index contributed by atoms with van der Waals surface area (Å²) in [5.74, 6) is -1.24. The predicted octanol–water partition coefficient (Wildman–Crippen LogP) is 0.877. The summed E-state index contributed by atoms with van der Waals surface area (Å²) < 4.78 is 25.7. The molecule has 0 fully saturated rings. The number of hydrogen-bond acceptors (Lipinski definition) is 4. The second-order valence-corrected chi connectivity index (χ2v) is 5.25. The van der Waals surface area contributed by atoms with Gasteiger partial charge in [-0.15, -0.1) is 0 Å². The summed E-state index contributed by atoms with van der Waals surface area (Å²) >= 11 is 5.64. The first-order valence-corrected chi connectivity index (χ1v) is 6.60. The van der Waals surface area contributed by atoms with E-state index in [1.165, 1.54) is 18.3 Å². The molecule has 1 aromatic rings. The van der Waals surface area contributed by atoms with Crippen LogP contribution < -0.4 is 4.72 Å². The lowest BCUT2D eigenvalue weighted by Crippen LogP contribution is -2.40. The van der Waals surface area contributed by atoms with Gasteiger partial charge in [0, 0.05) is 6.20 Å². The Morgan fingerprint density at radius 1 is 1.65 bits per heavy atom. The summed E-state index contributed by atoms with van der Waals surface area (Å²) in [6, 6.07) is 1.48. The maximum absolute atomic E-state index is 11.8. The summed E-state index contributed by atoms with van der Waals surface area (Å²) in [7, 11) is -3.97. The molecule has 0 aliphatic rings. The zero-order valence-electron chi connectivity index (χ0n) is 8.92. The highest BCUT2D eigenvalue weighted by Crippen LogP contribution is 2.18. The number of hydrogen-bond donors (Lipinski definition) is 2. The average Bonchev–Trinajstić information content (AvgIpc) is 2.26. The van der Waals surface area contributed by atoms with Crippen molar-refractivity contribution in [1.82, 2.24) is 9.71 Å². The van der Waals surface area contributed by atoms with Crippen molar-refractivity contribution in [3.8, 4) is 0 Å². The van der Waals surface area contributed by atoms with Crippen LogP contribution in [0, 0.1) is 0 Å². The number of halogens is 1. The second kappa shape index (κ2) is 5.44. The third kappa shape index (κ3) is 3.39. The highest BCUT2D eigenvalue weighted by atomic mass is 35.5. The molecule has 0 aromatic carbocycles. The number of aliphatic carboxylic acids is 1. The quantitative estimate of drug-likeness (QED) is 0.779. The van der Waals surface area contributed by atoms with E-state index in [9.17, 15) is 13.2 Å². The molecule has 6 nitrogen and oxygen atoms in total. The number of carboxylic acid groups (broad SMARTS) is 1. The van der Waals surface area contributed by atoms with E-state index in [0.717, 1.165) is 0 Å². The highest BCUT2D eigenvalue weighted by molar-refractivity contribution is 7.89. The number of sulfonamides is 1. The Morgan fingerprint density at radius 2 is 2.29 bits per heavy atom. The molecule has 0 saturated carbocycles. The van der Waals surface area contributed by atoms with Gasteiger partial charge in [-0.3, -0.25) is 4.79 Å². The van der Waals surface area contributed by atoms with E-state index in [2.05, 4.69) is 4.98 Å². The highest BCUT2D eigenvalue weighted by Gasteiger charge is 2.25. The van der Waals surface area contributed by atoms with Gasteiger partial charge < -0.3 is 5.11 Å². The number of nitrogens with zero attached hydrogens (tertiary/aromatic N) is 1. The van der Waals surface area contributed by atoms with E-state index < -0.39 is 22.0 Å². The van der Waals surface area contributed by atoms with E-state index >= 15 is 0 Å². The van der Waals surface area contributed by atoms with Gasteiger partial charge >= 0.3 is 5.97 Å². The van der Waals surface area contributed by atoms with Crippen molar-refractivity contribution in [2.45, 2.75) is 24.3 Å². The van der Waals surface area contributed by atoms with Crippen LogP contribution in [0.5, 0.6) is 0 Å². The Kier molecular flexibility index (Phi) is 4.44. The Bertz CT molecular complexity index is 517. The Labute approximate surface area is 104 Å². The third-order valence-electron chi connectivity index (χ3n) is 2.02. The SMILES string of the molecule is CCC(NS(=O)(=O)c1cccnc1Cl)C(=O)O. The van der Waals surface area contributed by atoms with Gasteiger partial charge in [-0.25, -0.2) is 13.4 Å². The maximum atomic E-state index is 11.8. The van der Waals surface area contributed by atoms with Crippen LogP contribution in [-0.2, 0) is 14.8 Å². The van der Waals surface area contributed by atoms with Gasteiger partial charge in [0.25, 0.3) is 0 Å². The summed E-state index contributed by atoms with van der Waals surface area (Å²) in [5.41, 5.74) is 0. The van der Waals surface area contributed by atoms with Gasteiger partial charge in [0.2, 0.25) is 10.0 Å². The molecular weight excluding hydrogens is 268 g/mol. The zero-order chi connectivity index (χ0) is 13.1. The van der Waals surface area contributed by atoms with Crippen molar-refractivity contribution in [3.63, 3.8) is 0 Å². The first kappa shape index (κ1) is 13.9. The van der Waals surface area contributed by atoms with Gasteiger partial charge in [0.05, 0.1) is 0 Å². The van der Waals surface area contributed by atoms with Gasteiger partial charge in [-0.2, -0.15) is 4.72 Å². The van der Waals surface area contributed by atoms with Crippen LogP contribution in [-0.4, -0.2) is 30.5 Å². The molecule has 0 amide bonds. The van der Waals surface area contributed by atoms with Gasteiger partial charge in [-0.05, 0) is 18.6 Å². The van der Waals surface area contributed by atoms with Crippen molar-refractivity contribution in [2.75, 3.05) is 0 Å². The molecule has 0 aliphatic heterocycles. The molecular formula is C9H11ClN2O4S. The molecule has 1 heterocycles. The fraction of sp³-hybridized carbons (Fsp3) is 0.333. The number of nitrogens with one attached hydrogen (secondary N) is 1. The zero-order valence-corrected chi connectivity index (χ0v) is 10.5. The standard InChI is InChI=1S/C9H11ClN2O4S/c1-2-6(9(13)14)12-17(15,16)7-4-3-5-11-8(7)10/h3-6,12H,2H2,1H3,(H,13,14). The van der Waals surface area contributed by atoms with Crippen molar-refractivity contribution >= 4 is 27.6 Å². The lowest BCUT2D eigenvalue weighted by Gasteiger charge is -2.12. The average molecular weight is 279 g/mol. The van der Waals surface area contributed by atoms with Gasteiger partial charge in [0.15, 0.2) is 0 Å².